The summed E-state index contributed by atoms with van der Waals surface area (Å²) in [5.74, 6) is 1.26. The molecule has 124 valence electrons. The number of urea groups is 1. The molecule has 1 aromatic rings. The van der Waals surface area contributed by atoms with E-state index in [1.54, 1.807) is 6.26 Å². The van der Waals surface area contributed by atoms with E-state index >= 15 is 0 Å². The fourth-order valence-electron chi connectivity index (χ4n) is 2.88. The van der Waals surface area contributed by atoms with Gasteiger partial charge in [0, 0.05) is 19.3 Å². The van der Waals surface area contributed by atoms with Crippen LogP contribution in [0.3, 0.4) is 0 Å². The lowest BCUT2D eigenvalue weighted by Crippen LogP contribution is -2.48. The SMILES string of the molecule is C[C@@H](NC(=O)N[C@@H](c1ccco1)C(C)(C)C)C1CCOCC1. The van der Waals surface area contributed by atoms with Crippen molar-refractivity contribution in [2.24, 2.45) is 11.3 Å². The number of ether oxygens (including phenoxy) is 1. The molecule has 0 saturated carbocycles. The van der Waals surface area contributed by atoms with Gasteiger partial charge in [-0.1, -0.05) is 20.8 Å². The van der Waals surface area contributed by atoms with Crippen LogP contribution in [0.5, 0.6) is 0 Å². The molecule has 0 spiro atoms. The predicted molar refractivity (Wildman–Crippen MR) is 85.6 cm³/mol. The zero-order valence-corrected chi connectivity index (χ0v) is 14.0. The molecule has 5 nitrogen and oxygen atoms in total. The molecule has 0 unspecified atom stereocenters. The standard InChI is InChI=1S/C17H28N2O3/c1-12(13-7-10-21-11-8-13)18-16(20)19-15(17(2,3)4)14-6-5-9-22-14/h5-6,9,12-13,15H,7-8,10-11H2,1-4H3,(H2,18,19,20)/t12-,15+/m1/s1. The molecule has 1 aliphatic rings. The monoisotopic (exact) mass is 308 g/mol. The number of hydrogen-bond donors (Lipinski definition) is 2. The van der Waals surface area contributed by atoms with E-state index in [2.05, 4.69) is 38.3 Å². The first kappa shape index (κ1) is 16.9. The number of furan rings is 1. The fraction of sp³-hybridized carbons (Fsp3) is 0.706. The topological polar surface area (TPSA) is 63.5 Å². The van der Waals surface area contributed by atoms with Crippen LogP contribution < -0.4 is 10.6 Å². The van der Waals surface area contributed by atoms with Crippen LogP contribution >= 0.6 is 0 Å². The van der Waals surface area contributed by atoms with E-state index in [0.717, 1.165) is 31.8 Å². The highest BCUT2D eigenvalue weighted by Gasteiger charge is 2.31. The maximum atomic E-state index is 12.4. The Morgan fingerprint density at radius 1 is 1.27 bits per heavy atom. The van der Waals surface area contributed by atoms with Crippen molar-refractivity contribution in [3.05, 3.63) is 24.2 Å². The molecule has 0 aliphatic carbocycles. The van der Waals surface area contributed by atoms with Crippen LogP contribution in [-0.2, 0) is 4.74 Å². The van der Waals surface area contributed by atoms with Gasteiger partial charge in [0.1, 0.15) is 5.76 Å². The highest BCUT2D eigenvalue weighted by Crippen LogP contribution is 2.32. The minimum atomic E-state index is -0.163. The maximum absolute atomic E-state index is 12.4. The number of hydrogen-bond acceptors (Lipinski definition) is 3. The maximum Gasteiger partial charge on any atom is 0.315 e. The highest BCUT2D eigenvalue weighted by atomic mass is 16.5. The summed E-state index contributed by atoms with van der Waals surface area (Å²) in [6.07, 6.45) is 3.64. The number of carbonyl (C=O) groups is 1. The normalized spacial score (nSPS) is 19.5. The molecular formula is C17H28N2O3. The largest absolute Gasteiger partial charge is 0.467 e. The predicted octanol–water partition coefficient (Wildman–Crippen LogP) is 3.48. The van der Waals surface area contributed by atoms with Gasteiger partial charge < -0.3 is 19.8 Å². The Hall–Kier alpha value is -1.49. The number of rotatable bonds is 4. The quantitative estimate of drug-likeness (QED) is 0.895. The Labute approximate surface area is 132 Å². The van der Waals surface area contributed by atoms with E-state index in [9.17, 15) is 4.79 Å². The molecule has 2 rings (SSSR count). The summed E-state index contributed by atoms with van der Waals surface area (Å²) in [6, 6.07) is 3.58. The van der Waals surface area contributed by atoms with Crippen molar-refractivity contribution < 1.29 is 13.9 Å². The van der Waals surface area contributed by atoms with Gasteiger partial charge in [-0.05, 0) is 43.2 Å². The Balaban J connectivity index is 1.93. The van der Waals surface area contributed by atoms with Gasteiger partial charge in [0.2, 0.25) is 0 Å². The third-order valence-electron chi connectivity index (χ3n) is 4.30. The summed E-state index contributed by atoms with van der Waals surface area (Å²) in [7, 11) is 0. The average molecular weight is 308 g/mol. The molecule has 22 heavy (non-hydrogen) atoms. The molecule has 0 radical (unpaired) electrons. The molecule has 1 fully saturated rings. The van der Waals surface area contributed by atoms with E-state index in [4.69, 9.17) is 9.15 Å². The molecule has 2 N–H and O–H groups in total. The molecule has 1 aromatic heterocycles. The summed E-state index contributed by atoms with van der Waals surface area (Å²) in [5, 5.41) is 6.12. The molecule has 2 amide bonds. The van der Waals surface area contributed by atoms with Gasteiger partial charge in [0.25, 0.3) is 0 Å². The Morgan fingerprint density at radius 2 is 1.95 bits per heavy atom. The zero-order valence-electron chi connectivity index (χ0n) is 14.0. The van der Waals surface area contributed by atoms with E-state index in [1.165, 1.54) is 0 Å². The van der Waals surface area contributed by atoms with Crippen LogP contribution in [-0.4, -0.2) is 25.3 Å². The lowest BCUT2D eigenvalue weighted by Gasteiger charge is -2.32. The van der Waals surface area contributed by atoms with Crippen molar-refractivity contribution in [2.45, 2.75) is 52.6 Å². The van der Waals surface area contributed by atoms with Crippen LogP contribution in [0.25, 0.3) is 0 Å². The van der Waals surface area contributed by atoms with Crippen LogP contribution in [0.1, 0.15) is 52.3 Å². The van der Waals surface area contributed by atoms with Crippen molar-refractivity contribution in [3.63, 3.8) is 0 Å². The number of amides is 2. The van der Waals surface area contributed by atoms with E-state index < -0.39 is 0 Å². The van der Waals surface area contributed by atoms with Crippen molar-refractivity contribution >= 4 is 6.03 Å². The average Bonchev–Trinajstić information content (AvgIpc) is 2.98. The highest BCUT2D eigenvalue weighted by molar-refractivity contribution is 5.74. The smallest absolute Gasteiger partial charge is 0.315 e. The summed E-state index contributed by atoms with van der Waals surface area (Å²) in [4.78, 5) is 12.4. The van der Waals surface area contributed by atoms with Crippen molar-refractivity contribution in [1.82, 2.24) is 10.6 Å². The van der Waals surface area contributed by atoms with Crippen LogP contribution in [0, 0.1) is 11.3 Å². The van der Waals surface area contributed by atoms with E-state index in [-0.39, 0.29) is 23.5 Å². The van der Waals surface area contributed by atoms with Crippen molar-refractivity contribution in [1.29, 1.82) is 0 Å². The first-order valence-corrected chi connectivity index (χ1v) is 8.06. The van der Waals surface area contributed by atoms with Gasteiger partial charge in [-0.2, -0.15) is 0 Å². The van der Waals surface area contributed by atoms with Crippen molar-refractivity contribution in [3.8, 4) is 0 Å². The minimum Gasteiger partial charge on any atom is -0.467 e. The second-order valence-corrected chi connectivity index (χ2v) is 7.17. The fourth-order valence-corrected chi connectivity index (χ4v) is 2.88. The first-order valence-electron chi connectivity index (χ1n) is 8.06. The zero-order chi connectivity index (χ0) is 16.2. The van der Waals surface area contributed by atoms with Crippen LogP contribution in [0.2, 0.25) is 0 Å². The molecule has 2 atom stereocenters. The number of carbonyl (C=O) groups excluding carboxylic acids is 1. The molecule has 5 heteroatoms. The second-order valence-electron chi connectivity index (χ2n) is 7.17. The molecule has 0 aromatic carbocycles. The van der Waals surface area contributed by atoms with E-state index in [0.29, 0.717) is 5.92 Å². The molecule has 0 bridgehead atoms. The summed E-state index contributed by atoms with van der Waals surface area (Å²) in [6.45, 7) is 9.90. The Morgan fingerprint density at radius 3 is 2.50 bits per heavy atom. The Kier molecular flexibility index (Phi) is 5.51. The van der Waals surface area contributed by atoms with E-state index in [1.807, 2.05) is 12.1 Å². The summed E-state index contributed by atoms with van der Waals surface area (Å²) in [5.41, 5.74) is -0.128. The second kappa shape index (κ2) is 7.18. The van der Waals surface area contributed by atoms with Gasteiger partial charge in [-0.15, -0.1) is 0 Å². The number of nitrogens with one attached hydrogen (secondary N) is 2. The van der Waals surface area contributed by atoms with Gasteiger partial charge in [0.05, 0.1) is 12.3 Å². The molecule has 1 aliphatic heterocycles. The molecule has 2 heterocycles. The first-order chi connectivity index (χ1) is 10.4. The third-order valence-corrected chi connectivity index (χ3v) is 4.30. The summed E-state index contributed by atoms with van der Waals surface area (Å²) < 4.78 is 10.9. The lowest BCUT2D eigenvalue weighted by molar-refractivity contribution is 0.0569. The Bertz CT molecular complexity index is 459. The molecule has 1 saturated heterocycles. The summed E-state index contributed by atoms with van der Waals surface area (Å²) >= 11 is 0. The third kappa shape index (κ3) is 4.50. The van der Waals surface area contributed by atoms with Gasteiger partial charge in [-0.3, -0.25) is 0 Å². The van der Waals surface area contributed by atoms with Crippen LogP contribution in [0.15, 0.2) is 22.8 Å². The van der Waals surface area contributed by atoms with Crippen LogP contribution in [0.4, 0.5) is 4.79 Å². The lowest BCUT2D eigenvalue weighted by atomic mass is 9.85. The minimum absolute atomic E-state index is 0.128. The van der Waals surface area contributed by atoms with Gasteiger partial charge in [0.15, 0.2) is 0 Å². The van der Waals surface area contributed by atoms with Crippen molar-refractivity contribution in [2.75, 3.05) is 13.2 Å². The van der Waals surface area contributed by atoms with Gasteiger partial charge >= 0.3 is 6.03 Å². The van der Waals surface area contributed by atoms with Gasteiger partial charge in [-0.25, -0.2) is 4.79 Å². The molecular weight excluding hydrogens is 280 g/mol.